The minimum absolute atomic E-state index is 0.120. The Morgan fingerprint density at radius 3 is 2.56 bits per heavy atom. The van der Waals surface area contributed by atoms with E-state index in [1.54, 1.807) is 0 Å². The van der Waals surface area contributed by atoms with Gasteiger partial charge >= 0.3 is 0 Å². The molecule has 168 valence electrons. The van der Waals surface area contributed by atoms with Crippen LogP contribution in [0.5, 0.6) is 5.75 Å². The van der Waals surface area contributed by atoms with Gasteiger partial charge in [0, 0.05) is 18.8 Å². The van der Waals surface area contributed by atoms with Gasteiger partial charge in [0.25, 0.3) is 5.91 Å². The summed E-state index contributed by atoms with van der Waals surface area (Å²) in [6.07, 6.45) is 0. The van der Waals surface area contributed by atoms with E-state index in [0.717, 1.165) is 33.8 Å². The molecule has 0 radical (unpaired) electrons. The van der Waals surface area contributed by atoms with Crippen LogP contribution in [0.1, 0.15) is 47.3 Å². The number of benzene rings is 1. The summed E-state index contributed by atoms with van der Waals surface area (Å²) < 4.78 is 11.0. The molecule has 0 bridgehead atoms. The van der Waals surface area contributed by atoms with E-state index in [4.69, 9.17) is 9.47 Å². The molecule has 0 unspecified atom stereocenters. The molecular formula is C24H29N5O3. The zero-order valence-electron chi connectivity index (χ0n) is 19.0. The zero-order valence-corrected chi connectivity index (χ0v) is 19.0. The number of carbonyl (C=O) groups is 1. The van der Waals surface area contributed by atoms with Crippen molar-refractivity contribution < 1.29 is 14.3 Å². The highest BCUT2D eigenvalue weighted by molar-refractivity contribution is 5.97. The molecule has 3 heterocycles. The van der Waals surface area contributed by atoms with Gasteiger partial charge in [-0.25, -0.2) is 15.0 Å². The van der Waals surface area contributed by atoms with Crippen LogP contribution in [0.4, 0.5) is 5.82 Å². The van der Waals surface area contributed by atoms with Gasteiger partial charge in [-0.15, -0.1) is 0 Å². The molecule has 4 rings (SSSR count). The Bertz CT molecular complexity index is 1110. The first-order chi connectivity index (χ1) is 15.5. The van der Waals surface area contributed by atoms with Crippen molar-refractivity contribution in [1.29, 1.82) is 0 Å². The summed E-state index contributed by atoms with van der Waals surface area (Å²) in [6, 6.07) is 9.51. The molecule has 1 saturated heterocycles. The number of carbonyl (C=O) groups excluding carboxylic acids is 1. The third-order valence-electron chi connectivity index (χ3n) is 5.53. The third-order valence-corrected chi connectivity index (χ3v) is 5.53. The number of morpholine rings is 1. The van der Waals surface area contributed by atoms with E-state index in [2.05, 4.69) is 25.2 Å². The van der Waals surface area contributed by atoms with Crippen LogP contribution in [0.2, 0.25) is 0 Å². The van der Waals surface area contributed by atoms with Crippen LogP contribution in [0.3, 0.4) is 0 Å². The maximum absolute atomic E-state index is 13.1. The predicted molar refractivity (Wildman–Crippen MR) is 123 cm³/mol. The summed E-state index contributed by atoms with van der Waals surface area (Å²) in [4.78, 5) is 29.1. The molecule has 1 amide bonds. The van der Waals surface area contributed by atoms with Gasteiger partial charge in [-0.3, -0.25) is 4.79 Å². The number of aryl methyl sites for hydroxylation is 2. The molecule has 0 spiro atoms. The number of pyridine rings is 1. The average molecular weight is 436 g/mol. The maximum Gasteiger partial charge on any atom is 0.289 e. The number of hydrogen-bond donors (Lipinski definition) is 1. The normalized spacial score (nSPS) is 14.9. The lowest BCUT2D eigenvalue weighted by Crippen LogP contribution is -2.38. The fourth-order valence-electron chi connectivity index (χ4n) is 3.93. The average Bonchev–Trinajstić information content (AvgIpc) is 2.79. The summed E-state index contributed by atoms with van der Waals surface area (Å²) in [7, 11) is 0. The molecule has 32 heavy (non-hydrogen) atoms. The molecular weight excluding hydrogens is 406 g/mol. The number of aromatic nitrogens is 3. The molecule has 8 heteroatoms. The van der Waals surface area contributed by atoms with E-state index in [9.17, 15) is 4.79 Å². The van der Waals surface area contributed by atoms with Crippen LogP contribution in [0, 0.1) is 13.8 Å². The number of nitrogens with one attached hydrogen (secondary N) is 1. The lowest BCUT2D eigenvalue weighted by Gasteiger charge is -2.29. The van der Waals surface area contributed by atoms with Crippen LogP contribution < -0.4 is 15.0 Å². The van der Waals surface area contributed by atoms with Crippen LogP contribution in [-0.2, 0) is 4.74 Å². The lowest BCUT2D eigenvalue weighted by molar-refractivity contribution is 0.0929. The second kappa shape index (κ2) is 9.48. The van der Waals surface area contributed by atoms with Crippen molar-refractivity contribution in [2.75, 3.05) is 37.8 Å². The summed E-state index contributed by atoms with van der Waals surface area (Å²) in [5, 5.41) is 3.90. The zero-order chi connectivity index (χ0) is 22.7. The standard InChI is InChI=1S/C24H29N5O3/c1-5-32-19-8-6-18(7-9-19)17(4)26-24(30)22-27-21-20(15(2)14-16(3)25-21)23(28-22)29-10-12-31-13-11-29/h6-9,14,17H,5,10-13H2,1-4H3,(H,26,30)/t17-/m1/s1. The summed E-state index contributed by atoms with van der Waals surface area (Å²) >= 11 is 0. The highest BCUT2D eigenvalue weighted by Gasteiger charge is 2.23. The third kappa shape index (κ3) is 4.65. The first-order valence-electron chi connectivity index (χ1n) is 11.0. The quantitative estimate of drug-likeness (QED) is 0.635. The first kappa shape index (κ1) is 22.0. The molecule has 1 fully saturated rings. The van der Waals surface area contributed by atoms with Crippen LogP contribution in [-0.4, -0.2) is 53.8 Å². The number of amides is 1. The smallest absolute Gasteiger partial charge is 0.289 e. The summed E-state index contributed by atoms with van der Waals surface area (Å²) in [5.41, 5.74) is 3.41. The minimum atomic E-state index is -0.330. The molecule has 1 aliphatic rings. The predicted octanol–water partition coefficient (Wildman–Crippen LogP) is 3.37. The molecule has 1 atom stereocenters. The van der Waals surface area contributed by atoms with E-state index >= 15 is 0 Å². The van der Waals surface area contributed by atoms with Crippen molar-refractivity contribution in [3.8, 4) is 5.75 Å². The fraction of sp³-hybridized carbons (Fsp3) is 0.417. The summed E-state index contributed by atoms with van der Waals surface area (Å²) in [6.45, 7) is 11.1. The van der Waals surface area contributed by atoms with Crippen molar-refractivity contribution >= 4 is 22.8 Å². The number of fused-ring (bicyclic) bond motifs is 1. The van der Waals surface area contributed by atoms with Gasteiger partial charge in [-0.2, -0.15) is 0 Å². The number of nitrogens with zero attached hydrogens (tertiary/aromatic N) is 4. The van der Waals surface area contributed by atoms with Crippen LogP contribution in [0.15, 0.2) is 30.3 Å². The van der Waals surface area contributed by atoms with Crippen molar-refractivity contribution in [3.05, 3.63) is 53.0 Å². The van der Waals surface area contributed by atoms with Crippen molar-refractivity contribution in [1.82, 2.24) is 20.3 Å². The fourth-order valence-corrected chi connectivity index (χ4v) is 3.93. The van der Waals surface area contributed by atoms with Crippen LogP contribution >= 0.6 is 0 Å². The second-order valence-electron chi connectivity index (χ2n) is 7.95. The molecule has 0 saturated carbocycles. The Hall–Kier alpha value is -3.26. The van der Waals surface area contributed by atoms with Gasteiger partial charge < -0.3 is 19.7 Å². The van der Waals surface area contributed by atoms with E-state index in [-0.39, 0.29) is 17.8 Å². The van der Waals surface area contributed by atoms with E-state index in [1.165, 1.54) is 0 Å². The van der Waals surface area contributed by atoms with Crippen molar-refractivity contribution in [2.45, 2.75) is 33.7 Å². The molecule has 0 aliphatic carbocycles. The molecule has 1 aromatic carbocycles. The Morgan fingerprint density at radius 2 is 1.88 bits per heavy atom. The number of ether oxygens (including phenoxy) is 2. The van der Waals surface area contributed by atoms with Crippen LogP contribution in [0.25, 0.3) is 11.0 Å². The first-order valence-corrected chi connectivity index (χ1v) is 11.0. The van der Waals surface area contributed by atoms with E-state index < -0.39 is 0 Å². The van der Waals surface area contributed by atoms with E-state index in [1.807, 2.05) is 58.0 Å². The van der Waals surface area contributed by atoms with Gasteiger partial charge in [-0.1, -0.05) is 12.1 Å². The Kier molecular flexibility index (Phi) is 6.50. The van der Waals surface area contributed by atoms with Gasteiger partial charge in [-0.05, 0) is 57.0 Å². The van der Waals surface area contributed by atoms with Gasteiger partial charge in [0.05, 0.1) is 31.2 Å². The SMILES string of the molecule is CCOc1ccc([C@@H](C)NC(=O)c2nc(N3CCOCC3)c3c(C)cc(C)nc3n2)cc1. The number of anilines is 1. The van der Waals surface area contributed by atoms with Crippen molar-refractivity contribution in [3.63, 3.8) is 0 Å². The Balaban J connectivity index is 1.64. The second-order valence-corrected chi connectivity index (χ2v) is 7.95. The number of hydrogen-bond acceptors (Lipinski definition) is 7. The van der Waals surface area contributed by atoms with Gasteiger partial charge in [0.15, 0.2) is 5.65 Å². The number of rotatable bonds is 6. The highest BCUT2D eigenvalue weighted by Crippen LogP contribution is 2.28. The Morgan fingerprint density at radius 1 is 1.16 bits per heavy atom. The Labute approximate surface area is 188 Å². The minimum Gasteiger partial charge on any atom is -0.494 e. The topological polar surface area (TPSA) is 89.5 Å². The monoisotopic (exact) mass is 435 g/mol. The molecule has 1 aliphatic heterocycles. The van der Waals surface area contributed by atoms with Crippen molar-refractivity contribution in [2.24, 2.45) is 0 Å². The lowest BCUT2D eigenvalue weighted by atomic mass is 10.1. The highest BCUT2D eigenvalue weighted by atomic mass is 16.5. The summed E-state index contributed by atoms with van der Waals surface area (Å²) in [5.74, 6) is 1.33. The largest absolute Gasteiger partial charge is 0.494 e. The molecule has 1 N–H and O–H groups in total. The molecule has 3 aromatic rings. The molecule has 8 nitrogen and oxygen atoms in total. The maximum atomic E-state index is 13.1. The van der Waals surface area contributed by atoms with E-state index in [0.29, 0.717) is 38.6 Å². The van der Waals surface area contributed by atoms with Gasteiger partial charge in [0.2, 0.25) is 5.82 Å². The van der Waals surface area contributed by atoms with Gasteiger partial charge in [0.1, 0.15) is 11.6 Å². The molecule has 2 aromatic heterocycles.